The number of benzene rings is 3. The summed E-state index contributed by atoms with van der Waals surface area (Å²) in [4.78, 5) is 17.7. The Labute approximate surface area is 240 Å². The van der Waals surface area contributed by atoms with Crippen molar-refractivity contribution >= 4 is 23.2 Å². The van der Waals surface area contributed by atoms with Gasteiger partial charge in [-0.05, 0) is 61.8 Å². The molecular formula is C31H36ClN3O5. The molecule has 40 heavy (non-hydrogen) atoms. The second kappa shape index (κ2) is 12.8. The van der Waals surface area contributed by atoms with Crippen molar-refractivity contribution in [2.24, 2.45) is 0 Å². The van der Waals surface area contributed by atoms with Crippen LogP contribution in [0.5, 0.6) is 17.2 Å². The van der Waals surface area contributed by atoms with Crippen molar-refractivity contribution in [2.45, 2.75) is 32.0 Å². The van der Waals surface area contributed by atoms with Crippen molar-refractivity contribution in [3.05, 3.63) is 81.9 Å². The summed E-state index contributed by atoms with van der Waals surface area (Å²) in [6.45, 7) is 3.91. The molecule has 1 atom stereocenters. The van der Waals surface area contributed by atoms with Gasteiger partial charge in [0, 0.05) is 43.0 Å². The number of anilines is 1. The summed E-state index contributed by atoms with van der Waals surface area (Å²) in [6, 6.07) is 16.9. The molecule has 2 N–H and O–H groups in total. The fourth-order valence-electron chi connectivity index (χ4n) is 5.03. The second-order valence-corrected chi connectivity index (χ2v) is 11.0. The van der Waals surface area contributed by atoms with E-state index in [4.69, 9.17) is 25.8 Å². The van der Waals surface area contributed by atoms with Gasteiger partial charge in [-0.2, -0.15) is 0 Å². The highest BCUT2D eigenvalue weighted by atomic mass is 35.5. The summed E-state index contributed by atoms with van der Waals surface area (Å²) >= 11 is 6.23. The van der Waals surface area contributed by atoms with Crippen molar-refractivity contribution in [3.8, 4) is 17.2 Å². The van der Waals surface area contributed by atoms with Gasteiger partial charge in [-0.1, -0.05) is 41.9 Å². The molecule has 0 aromatic heterocycles. The molecule has 2 aliphatic heterocycles. The van der Waals surface area contributed by atoms with Gasteiger partial charge in [0.05, 0.1) is 12.6 Å². The van der Waals surface area contributed by atoms with Crippen molar-refractivity contribution in [2.75, 3.05) is 52.3 Å². The topological polar surface area (TPSA) is 83.5 Å². The van der Waals surface area contributed by atoms with Gasteiger partial charge in [-0.15, -0.1) is 0 Å². The molecule has 0 radical (unpaired) electrons. The van der Waals surface area contributed by atoms with E-state index in [0.717, 1.165) is 47.7 Å². The summed E-state index contributed by atoms with van der Waals surface area (Å²) in [5.41, 5.74) is 4.21. The van der Waals surface area contributed by atoms with E-state index in [2.05, 4.69) is 16.3 Å². The Bertz CT molecular complexity index is 1330. The Morgan fingerprint density at radius 1 is 1.18 bits per heavy atom. The Kier molecular flexibility index (Phi) is 8.99. The highest BCUT2D eigenvalue weighted by Crippen LogP contribution is 2.37. The number of phenols is 1. The first kappa shape index (κ1) is 28.1. The zero-order valence-electron chi connectivity index (χ0n) is 23.0. The fraction of sp³-hybridized carbons (Fsp3) is 0.387. The van der Waals surface area contributed by atoms with Crippen molar-refractivity contribution < 1.29 is 24.1 Å². The number of aromatic hydroxyl groups is 1. The third-order valence-corrected chi connectivity index (χ3v) is 7.41. The van der Waals surface area contributed by atoms with Crippen molar-refractivity contribution in [3.63, 3.8) is 0 Å². The van der Waals surface area contributed by atoms with Gasteiger partial charge in [0.2, 0.25) is 0 Å². The van der Waals surface area contributed by atoms with Gasteiger partial charge >= 0.3 is 0 Å². The van der Waals surface area contributed by atoms with E-state index in [1.165, 1.54) is 6.07 Å². The number of halogens is 1. The lowest BCUT2D eigenvalue weighted by atomic mass is 9.96. The minimum absolute atomic E-state index is 0.117. The maximum atomic E-state index is 13.9. The number of carbonyl (C=O) groups excluding carboxylic acids is 1. The Morgan fingerprint density at radius 2 is 2.00 bits per heavy atom. The molecule has 0 spiro atoms. The highest BCUT2D eigenvalue weighted by molar-refractivity contribution is 6.31. The normalized spacial score (nSPS) is 16.6. The minimum Gasteiger partial charge on any atom is -0.507 e. The smallest absolute Gasteiger partial charge is 0.261 e. The maximum absolute atomic E-state index is 13.9. The minimum atomic E-state index is -0.302. The number of ether oxygens (including phenoxy) is 3. The second-order valence-electron chi connectivity index (χ2n) is 10.5. The first-order valence-corrected chi connectivity index (χ1v) is 14.0. The number of fused-ring (bicyclic) bond motifs is 1. The third-order valence-electron chi connectivity index (χ3n) is 7.20. The van der Waals surface area contributed by atoms with Crippen LogP contribution >= 0.6 is 11.6 Å². The highest BCUT2D eigenvalue weighted by Gasteiger charge is 2.30. The number of hydrogen-bond acceptors (Lipinski definition) is 7. The summed E-state index contributed by atoms with van der Waals surface area (Å²) in [7, 11) is 4.04. The quantitative estimate of drug-likeness (QED) is 0.359. The molecular weight excluding hydrogens is 530 g/mol. The predicted molar refractivity (Wildman–Crippen MR) is 156 cm³/mol. The molecule has 0 bridgehead atoms. The molecule has 2 heterocycles. The maximum Gasteiger partial charge on any atom is 0.261 e. The van der Waals surface area contributed by atoms with Gasteiger partial charge < -0.3 is 34.4 Å². The number of hydrogen-bond donors (Lipinski definition) is 2. The van der Waals surface area contributed by atoms with E-state index < -0.39 is 0 Å². The Morgan fingerprint density at radius 3 is 2.75 bits per heavy atom. The number of amides is 1. The number of likely N-dealkylation sites (N-methyl/N-ethyl adjacent to an activating group) is 1. The summed E-state index contributed by atoms with van der Waals surface area (Å²) < 4.78 is 17.7. The first-order valence-electron chi connectivity index (χ1n) is 13.6. The average molecular weight is 566 g/mol. The fourth-order valence-corrected chi connectivity index (χ4v) is 5.23. The van der Waals surface area contributed by atoms with E-state index in [9.17, 15) is 9.90 Å². The molecule has 1 saturated heterocycles. The van der Waals surface area contributed by atoms with Gasteiger partial charge in [0.15, 0.2) is 0 Å². The molecule has 5 rings (SSSR count). The molecule has 8 nitrogen and oxygen atoms in total. The van der Waals surface area contributed by atoms with E-state index in [-0.39, 0.29) is 35.6 Å². The number of carbonyl (C=O) groups is 1. The number of nitrogens with one attached hydrogen (secondary N) is 1. The average Bonchev–Trinajstić information content (AvgIpc) is 3.45. The molecule has 1 amide bonds. The number of phenolic OH excluding ortho intramolecular Hbond substituents is 1. The van der Waals surface area contributed by atoms with Crippen LogP contribution in [-0.2, 0) is 24.3 Å². The van der Waals surface area contributed by atoms with Gasteiger partial charge in [0.1, 0.15) is 36.0 Å². The molecule has 0 unspecified atom stereocenters. The van der Waals surface area contributed by atoms with E-state index in [0.29, 0.717) is 37.7 Å². The Balaban J connectivity index is 1.39. The van der Waals surface area contributed by atoms with Gasteiger partial charge in [0.25, 0.3) is 5.91 Å². The van der Waals surface area contributed by atoms with Crippen LogP contribution in [0.2, 0.25) is 5.02 Å². The summed E-state index contributed by atoms with van der Waals surface area (Å²) in [5.74, 6) is 0.575. The zero-order chi connectivity index (χ0) is 28.1. The van der Waals surface area contributed by atoms with Gasteiger partial charge in [-0.25, -0.2) is 0 Å². The van der Waals surface area contributed by atoms with Crippen LogP contribution in [0.3, 0.4) is 0 Å². The molecule has 2 aliphatic rings. The monoisotopic (exact) mass is 565 g/mol. The Hall–Kier alpha value is -3.46. The SMILES string of the molecule is CN(C)CCOc1cc2c(c(N[C@@H]3CCOC3)c1)CN(C(=O)c1c(O)cc(Cl)cc1OCc1ccccc1)CC2. The molecule has 3 aromatic carbocycles. The molecule has 212 valence electrons. The molecule has 0 aliphatic carbocycles. The van der Waals surface area contributed by atoms with Crippen LogP contribution in [0.15, 0.2) is 54.6 Å². The van der Waals surface area contributed by atoms with Crippen LogP contribution in [0.25, 0.3) is 0 Å². The first-order chi connectivity index (χ1) is 19.4. The molecule has 1 fully saturated rings. The lowest BCUT2D eigenvalue weighted by Gasteiger charge is -2.32. The van der Waals surface area contributed by atoms with Crippen LogP contribution in [0, 0.1) is 0 Å². The third kappa shape index (κ3) is 6.81. The van der Waals surface area contributed by atoms with E-state index in [1.54, 1.807) is 11.0 Å². The number of rotatable bonds is 10. The standard InChI is InChI=1S/C31H36ClN3O5/c1-34(2)11-13-39-25-14-22-8-10-35(18-26(22)27(17-25)33-24-9-12-38-20-24)31(37)30-28(36)15-23(32)16-29(30)40-19-21-6-4-3-5-7-21/h3-7,14-17,24,33,36H,8-13,18-20H2,1-2H3/t24-/m1/s1. The van der Waals surface area contributed by atoms with Crippen molar-refractivity contribution in [1.29, 1.82) is 0 Å². The summed E-state index contributed by atoms with van der Waals surface area (Å²) in [5, 5.41) is 14.7. The van der Waals surface area contributed by atoms with Crippen LogP contribution < -0.4 is 14.8 Å². The lowest BCUT2D eigenvalue weighted by Crippen LogP contribution is -2.37. The molecule has 0 saturated carbocycles. The van der Waals surface area contributed by atoms with E-state index in [1.807, 2.05) is 50.5 Å². The van der Waals surface area contributed by atoms with Crippen molar-refractivity contribution in [1.82, 2.24) is 9.80 Å². The van der Waals surface area contributed by atoms with Crippen LogP contribution in [-0.4, -0.2) is 73.9 Å². The van der Waals surface area contributed by atoms with Gasteiger partial charge in [-0.3, -0.25) is 4.79 Å². The lowest BCUT2D eigenvalue weighted by molar-refractivity contribution is 0.0727. The van der Waals surface area contributed by atoms with Crippen LogP contribution in [0.1, 0.15) is 33.5 Å². The molecule has 3 aromatic rings. The predicted octanol–water partition coefficient (Wildman–Crippen LogP) is 4.96. The molecule has 9 heteroatoms. The zero-order valence-corrected chi connectivity index (χ0v) is 23.7. The van der Waals surface area contributed by atoms with Crippen LogP contribution in [0.4, 0.5) is 5.69 Å². The number of nitrogens with zero attached hydrogens (tertiary/aromatic N) is 2. The largest absolute Gasteiger partial charge is 0.507 e. The van der Waals surface area contributed by atoms with E-state index >= 15 is 0 Å². The summed E-state index contributed by atoms with van der Waals surface area (Å²) in [6.07, 6.45) is 1.58.